The molecule has 3 rings (SSSR count). The van der Waals surface area contributed by atoms with E-state index < -0.39 is 0 Å². The monoisotopic (exact) mass is 372 g/mol. The largest absolute Gasteiger partial charge is 0.496 e. The van der Waals surface area contributed by atoms with Crippen LogP contribution in [0.3, 0.4) is 0 Å². The van der Waals surface area contributed by atoms with E-state index in [4.69, 9.17) is 26.4 Å². The Morgan fingerprint density at radius 1 is 1.00 bits per heavy atom. The van der Waals surface area contributed by atoms with Crippen molar-refractivity contribution >= 4 is 12.2 Å². The van der Waals surface area contributed by atoms with Crippen molar-refractivity contribution in [2.75, 3.05) is 26.8 Å². The molecule has 3 aromatic rings. The lowest BCUT2D eigenvalue weighted by Crippen LogP contribution is -2.16. The normalized spacial score (nSPS) is 10.4. The van der Waals surface area contributed by atoms with Crippen molar-refractivity contribution in [1.29, 1.82) is 0 Å². The van der Waals surface area contributed by atoms with E-state index in [0.29, 0.717) is 28.6 Å². The summed E-state index contributed by atoms with van der Waals surface area (Å²) in [4.78, 5) is 0. The van der Waals surface area contributed by atoms with Crippen molar-refractivity contribution in [3.63, 3.8) is 0 Å². The predicted octanol–water partition coefficient (Wildman–Crippen LogP) is 3.38. The molecule has 0 aliphatic heterocycles. The number of H-pyrrole nitrogens is 1. The third-order valence-electron chi connectivity index (χ3n) is 3.91. The highest BCUT2D eigenvalue weighted by Crippen LogP contribution is 2.29. The van der Waals surface area contributed by atoms with E-state index in [1.165, 1.54) is 0 Å². The van der Waals surface area contributed by atoms with E-state index >= 15 is 0 Å². The molecular formula is C18H20N4O3S. The van der Waals surface area contributed by atoms with Gasteiger partial charge in [-0.05, 0) is 42.0 Å². The first-order valence-corrected chi connectivity index (χ1v) is 8.34. The first kappa shape index (κ1) is 17.8. The first-order chi connectivity index (χ1) is 12.7. The lowest BCUT2D eigenvalue weighted by Gasteiger charge is -2.13. The Morgan fingerprint density at radius 2 is 1.73 bits per heavy atom. The molecule has 2 aromatic carbocycles. The summed E-state index contributed by atoms with van der Waals surface area (Å²) in [6.45, 7) is 0.524. The second kappa shape index (κ2) is 7.92. The highest BCUT2D eigenvalue weighted by Gasteiger charge is 2.13. The van der Waals surface area contributed by atoms with Gasteiger partial charge in [0.15, 0.2) is 17.3 Å². The number of nitrogens with zero attached hydrogens (tertiary/aromatic N) is 2. The van der Waals surface area contributed by atoms with Gasteiger partial charge in [0.2, 0.25) is 4.77 Å². The number of nitrogens with one attached hydrogen (secondary N) is 2. The maximum atomic E-state index is 5.42. The minimum absolute atomic E-state index is 0.464. The van der Waals surface area contributed by atoms with Gasteiger partial charge in [0, 0.05) is 0 Å². The van der Waals surface area contributed by atoms with Crippen LogP contribution in [0.4, 0.5) is 0 Å². The molecule has 0 spiro atoms. The minimum Gasteiger partial charge on any atom is -0.496 e. The summed E-state index contributed by atoms with van der Waals surface area (Å²) in [5, 5.41) is 7.14. The van der Waals surface area contributed by atoms with Crippen molar-refractivity contribution in [1.82, 2.24) is 14.9 Å². The Morgan fingerprint density at radius 3 is 2.46 bits per heavy atom. The van der Waals surface area contributed by atoms with Crippen molar-refractivity contribution in [2.45, 2.75) is 6.54 Å². The van der Waals surface area contributed by atoms with E-state index in [1.54, 1.807) is 26.0 Å². The summed E-state index contributed by atoms with van der Waals surface area (Å²) in [6.07, 6.45) is 0. The number of ether oxygens (including phenoxy) is 3. The molecule has 1 aromatic heterocycles. The van der Waals surface area contributed by atoms with Gasteiger partial charge in [-0.15, -0.1) is 0 Å². The molecule has 136 valence electrons. The number of hydrogen-bond acceptors (Lipinski definition) is 6. The number of rotatable bonds is 7. The van der Waals surface area contributed by atoms with Gasteiger partial charge in [0.25, 0.3) is 0 Å². The van der Waals surface area contributed by atoms with Crippen LogP contribution in [-0.2, 0) is 6.54 Å². The second-order valence-electron chi connectivity index (χ2n) is 5.41. The molecule has 0 bridgehead atoms. The molecule has 0 saturated heterocycles. The van der Waals surface area contributed by atoms with Gasteiger partial charge in [0.1, 0.15) is 5.75 Å². The highest BCUT2D eigenvalue weighted by molar-refractivity contribution is 7.71. The van der Waals surface area contributed by atoms with Gasteiger partial charge in [-0.3, -0.25) is 0 Å². The summed E-state index contributed by atoms with van der Waals surface area (Å²) in [5.41, 5.74) is 5.13. The number of aromatic nitrogens is 3. The number of hydrogen-bond donors (Lipinski definition) is 2. The Kier molecular flexibility index (Phi) is 5.43. The zero-order valence-corrected chi connectivity index (χ0v) is 15.6. The smallest absolute Gasteiger partial charge is 0.214 e. The van der Waals surface area contributed by atoms with Gasteiger partial charge in [-0.2, -0.15) is 5.10 Å². The Hall–Kier alpha value is -3.00. The summed E-state index contributed by atoms with van der Waals surface area (Å²) in [5.74, 6) is 2.72. The van der Waals surface area contributed by atoms with Crippen LogP contribution in [0.2, 0.25) is 0 Å². The molecule has 0 saturated carbocycles. The van der Waals surface area contributed by atoms with Gasteiger partial charge in [-0.25, -0.2) is 9.77 Å². The average Bonchev–Trinajstić information content (AvgIpc) is 3.06. The number of benzene rings is 2. The maximum Gasteiger partial charge on any atom is 0.214 e. The van der Waals surface area contributed by atoms with Crippen LogP contribution in [0.25, 0.3) is 11.4 Å². The minimum atomic E-state index is 0.464. The van der Waals surface area contributed by atoms with Crippen LogP contribution in [0.1, 0.15) is 5.56 Å². The quantitative estimate of drug-likeness (QED) is 0.620. The third-order valence-corrected chi connectivity index (χ3v) is 4.18. The van der Waals surface area contributed by atoms with Crippen LogP contribution < -0.4 is 19.6 Å². The van der Waals surface area contributed by atoms with Crippen LogP contribution >= 0.6 is 12.2 Å². The van der Waals surface area contributed by atoms with E-state index in [-0.39, 0.29) is 0 Å². The molecule has 0 atom stereocenters. The third kappa shape index (κ3) is 3.50. The second-order valence-corrected chi connectivity index (χ2v) is 5.80. The molecule has 0 aliphatic carbocycles. The summed E-state index contributed by atoms with van der Waals surface area (Å²) in [7, 11) is 4.85. The van der Waals surface area contributed by atoms with Gasteiger partial charge in [0.05, 0.1) is 33.4 Å². The Balaban J connectivity index is 1.88. The standard InChI is InChI=1S/C18H20N4O3S/c1-23-14-7-5-4-6-13(14)17-20-21-18(26)22(17)19-11-12-8-9-15(24-2)16(10-12)25-3/h4-10,19H,11H2,1-3H3,(H,21,26). The fourth-order valence-electron chi connectivity index (χ4n) is 2.61. The van der Waals surface area contributed by atoms with E-state index in [9.17, 15) is 0 Å². The summed E-state index contributed by atoms with van der Waals surface area (Å²) in [6, 6.07) is 13.4. The van der Waals surface area contributed by atoms with Crippen LogP contribution in [0, 0.1) is 4.77 Å². The lowest BCUT2D eigenvalue weighted by atomic mass is 10.2. The average molecular weight is 372 g/mol. The molecule has 0 unspecified atom stereocenters. The maximum absolute atomic E-state index is 5.42. The van der Waals surface area contributed by atoms with Crippen molar-refractivity contribution in [2.24, 2.45) is 0 Å². The Bertz CT molecular complexity index is 952. The molecule has 0 amide bonds. The van der Waals surface area contributed by atoms with Crippen molar-refractivity contribution in [3.05, 3.63) is 52.8 Å². The molecule has 1 heterocycles. The van der Waals surface area contributed by atoms with E-state index in [2.05, 4.69) is 15.6 Å². The summed E-state index contributed by atoms with van der Waals surface area (Å²) >= 11 is 5.35. The fraction of sp³-hybridized carbons (Fsp3) is 0.222. The molecule has 8 heteroatoms. The van der Waals surface area contributed by atoms with Gasteiger partial charge >= 0.3 is 0 Å². The SMILES string of the molecule is COc1ccc(CNn2c(-c3ccccc3OC)n[nH]c2=S)cc1OC. The number of para-hydroxylation sites is 1. The fourth-order valence-corrected chi connectivity index (χ4v) is 2.81. The van der Waals surface area contributed by atoms with Gasteiger partial charge in [-0.1, -0.05) is 18.2 Å². The molecule has 0 radical (unpaired) electrons. The Labute approximate surface area is 156 Å². The molecule has 2 N–H and O–H groups in total. The number of aromatic amines is 1. The topological polar surface area (TPSA) is 73.3 Å². The van der Waals surface area contributed by atoms with Crippen molar-refractivity contribution in [3.8, 4) is 28.6 Å². The predicted molar refractivity (Wildman–Crippen MR) is 102 cm³/mol. The molecule has 26 heavy (non-hydrogen) atoms. The first-order valence-electron chi connectivity index (χ1n) is 7.93. The van der Waals surface area contributed by atoms with E-state index in [0.717, 1.165) is 16.9 Å². The zero-order chi connectivity index (χ0) is 18.5. The molecule has 0 fully saturated rings. The molecule has 7 nitrogen and oxygen atoms in total. The van der Waals surface area contributed by atoms with E-state index in [1.807, 2.05) is 42.5 Å². The lowest BCUT2D eigenvalue weighted by molar-refractivity contribution is 0.354. The van der Waals surface area contributed by atoms with Crippen LogP contribution in [-0.4, -0.2) is 36.2 Å². The summed E-state index contributed by atoms with van der Waals surface area (Å²) < 4.78 is 18.2. The molecular weight excluding hydrogens is 352 g/mol. The highest BCUT2D eigenvalue weighted by atomic mass is 32.1. The van der Waals surface area contributed by atoms with Crippen molar-refractivity contribution < 1.29 is 14.2 Å². The zero-order valence-electron chi connectivity index (χ0n) is 14.8. The van der Waals surface area contributed by atoms with Gasteiger partial charge < -0.3 is 19.6 Å². The molecule has 0 aliphatic rings. The van der Waals surface area contributed by atoms with Crippen LogP contribution in [0.5, 0.6) is 17.2 Å². The van der Waals surface area contributed by atoms with Crippen LogP contribution in [0.15, 0.2) is 42.5 Å². The number of methoxy groups -OCH3 is 3.